The predicted octanol–water partition coefficient (Wildman–Crippen LogP) is 3.02. The van der Waals surface area contributed by atoms with Gasteiger partial charge in [-0.2, -0.15) is 0 Å². The highest BCUT2D eigenvalue weighted by molar-refractivity contribution is 6.30. The third-order valence-electron chi connectivity index (χ3n) is 2.26. The van der Waals surface area contributed by atoms with Crippen molar-refractivity contribution in [1.29, 1.82) is 0 Å². The average Bonchev–Trinajstić information content (AvgIpc) is 2.26. The van der Waals surface area contributed by atoms with Crippen LogP contribution in [0.4, 0.5) is 15.9 Å². The van der Waals surface area contributed by atoms with Gasteiger partial charge >= 0.3 is 5.97 Å². The molecule has 0 unspecified atom stereocenters. The van der Waals surface area contributed by atoms with Crippen LogP contribution in [0.3, 0.4) is 0 Å². The molecule has 0 atom stereocenters. The molecule has 19 heavy (non-hydrogen) atoms. The third-order valence-corrected chi connectivity index (χ3v) is 2.48. The Morgan fingerprint density at radius 2 is 2.16 bits per heavy atom. The first-order valence-electron chi connectivity index (χ1n) is 5.26. The van der Waals surface area contributed by atoms with E-state index in [9.17, 15) is 9.18 Å². The number of halogens is 2. The zero-order chi connectivity index (χ0) is 14.0. The minimum atomic E-state index is -1.18. The van der Waals surface area contributed by atoms with Gasteiger partial charge in [0, 0.05) is 16.9 Å². The number of benzene rings is 1. The predicted molar refractivity (Wildman–Crippen MR) is 68.4 cm³/mol. The van der Waals surface area contributed by atoms with E-state index < -0.39 is 11.8 Å². The fourth-order valence-corrected chi connectivity index (χ4v) is 1.71. The van der Waals surface area contributed by atoms with Gasteiger partial charge in [-0.3, -0.25) is 0 Å². The lowest BCUT2D eigenvalue weighted by Crippen LogP contribution is -2.07. The smallest absolute Gasteiger partial charge is 0.341 e. The third kappa shape index (κ3) is 3.17. The average molecular weight is 282 g/mol. The Hall–Kier alpha value is -2.21. The molecule has 0 radical (unpaired) electrons. The second kappa shape index (κ2) is 5.19. The van der Waals surface area contributed by atoms with Gasteiger partial charge in [-0.15, -0.1) is 0 Å². The number of aromatic carboxylic acids is 1. The molecule has 0 amide bonds. The number of aryl methyl sites for hydroxylation is 1. The van der Waals surface area contributed by atoms with Crippen LogP contribution in [0.5, 0.6) is 0 Å². The van der Waals surface area contributed by atoms with E-state index >= 15 is 0 Å². The molecule has 2 N–H and O–H groups in total. The molecule has 0 saturated carbocycles. The van der Waals surface area contributed by atoms with E-state index in [1.165, 1.54) is 18.3 Å². The summed E-state index contributed by atoms with van der Waals surface area (Å²) in [5, 5.41) is 11.9. The van der Waals surface area contributed by atoms with Crippen LogP contribution in [0, 0.1) is 12.7 Å². The van der Waals surface area contributed by atoms with Crippen molar-refractivity contribution in [1.82, 2.24) is 9.97 Å². The first kappa shape index (κ1) is 13.2. The molecule has 0 fully saturated rings. The number of carbonyl (C=O) groups is 1. The zero-order valence-electron chi connectivity index (χ0n) is 9.82. The number of hydrogen-bond acceptors (Lipinski definition) is 4. The lowest BCUT2D eigenvalue weighted by molar-refractivity contribution is 0.0697. The summed E-state index contributed by atoms with van der Waals surface area (Å²) in [6.45, 7) is 1.62. The summed E-state index contributed by atoms with van der Waals surface area (Å²) in [7, 11) is 0. The number of nitrogens with one attached hydrogen (secondary N) is 1. The largest absolute Gasteiger partial charge is 0.477 e. The molecular formula is C12H9ClFN3O2. The second-order valence-corrected chi connectivity index (χ2v) is 4.20. The molecule has 2 rings (SSSR count). The van der Waals surface area contributed by atoms with Crippen molar-refractivity contribution in [3.05, 3.63) is 46.6 Å². The van der Waals surface area contributed by atoms with Crippen molar-refractivity contribution in [3.63, 3.8) is 0 Å². The van der Waals surface area contributed by atoms with E-state index in [1.807, 2.05) is 0 Å². The highest BCUT2D eigenvalue weighted by Gasteiger charge is 2.13. The first-order valence-corrected chi connectivity index (χ1v) is 5.63. The summed E-state index contributed by atoms with van der Waals surface area (Å²) in [6.07, 6.45) is 1.19. The number of aromatic nitrogens is 2. The minimum absolute atomic E-state index is 0.0849. The van der Waals surface area contributed by atoms with Crippen molar-refractivity contribution in [3.8, 4) is 0 Å². The van der Waals surface area contributed by atoms with Crippen molar-refractivity contribution < 1.29 is 14.3 Å². The monoisotopic (exact) mass is 281 g/mol. The highest BCUT2D eigenvalue weighted by Crippen LogP contribution is 2.23. The fraction of sp³-hybridized carbons (Fsp3) is 0.0833. The van der Waals surface area contributed by atoms with Gasteiger partial charge in [-0.25, -0.2) is 19.2 Å². The van der Waals surface area contributed by atoms with Gasteiger partial charge in [0.2, 0.25) is 0 Å². The molecule has 0 saturated heterocycles. The highest BCUT2D eigenvalue weighted by atomic mass is 35.5. The standard InChI is InChI=1S/C12H9ClFN3O2/c1-6-15-5-10(12(18)19)11(16-6)17-9-3-7(13)2-8(14)4-9/h2-5H,1H3,(H,18,19)(H,15,16,17). The summed E-state index contributed by atoms with van der Waals surface area (Å²) in [4.78, 5) is 18.8. The molecule has 0 aliphatic rings. The Bertz CT molecular complexity index is 629. The molecule has 0 spiro atoms. The number of carboxylic acids is 1. The van der Waals surface area contributed by atoms with Gasteiger partial charge in [0.25, 0.3) is 0 Å². The summed E-state index contributed by atoms with van der Waals surface area (Å²) in [5.74, 6) is -1.22. The molecule has 0 aliphatic heterocycles. The van der Waals surface area contributed by atoms with Gasteiger partial charge < -0.3 is 10.4 Å². The van der Waals surface area contributed by atoms with Crippen molar-refractivity contribution in [2.75, 3.05) is 5.32 Å². The van der Waals surface area contributed by atoms with E-state index in [-0.39, 0.29) is 16.4 Å². The van der Waals surface area contributed by atoms with Crippen molar-refractivity contribution in [2.45, 2.75) is 6.92 Å². The molecule has 98 valence electrons. The summed E-state index contributed by atoms with van der Waals surface area (Å²) in [6, 6.07) is 3.80. The Labute approximate surface area is 113 Å². The molecule has 0 aliphatic carbocycles. The SMILES string of the molecule is Cc1ncc(C(=O)O)c(Nc2cc(F)cc(Cl)c2)n1. The van der Waals surface area contributed by atoms with Crippen molar-refractivity contribution in [2.24, 2.45) is 0 Å². The maximum atomic E-state index is 13.2. The number of hydrogen-bond donors (Lipinski definition) is 2. The number of nitrogens with zero attached hydrogens (tertiary/aromatic N) is 2. The molecule has 7 heteroatoms. The van der Waals surface area contributed by atoms with Crippen LogP contribution in [0.25, 0.3) is 0 Å². The number of rotatable bonds is 3. The van der Waals surface area contributed by atoms with Crippen LogP contribution in [-0.2, 0) is 0 Å². The van der Waals surface area contributed by atoms with Crippen LogP contribution < -0.4 is 5.32 Å². The Balaban J connectivity index is 2.42. The Kier molecular flexibility index (Phi) is 3.62. The van der Waals surface area contributed by atoms with E-state index in [2.05, 4.69) is 15.3 Å². The van der Waals surface area contributed by atoms with Crippen molar-refractivity contribution >= 4 is 29.1 Å². The Morgan fingerprint density at radius 1 is 1.42 bits per heavy atom. The maximum absolute atomic E-state index is 13.2. The van der Waals surface area contributed by atoms with Gasteiger partial charge in [0.1, 0.15) is 23.0 Å². The lowest BCUT2D eigenvalue weighted by Gasteiger charge is -2.09. The van der Waals surface area contributed by atoms with Gasteiger partial charge in [-0.1, -0.05) is 11.6 Å². The zero-order valence-corrected chi connectivity index (χ0v) is 10.6. The molecule has 1 aromatic heterocycles. The second-order valence-electron chi connectivity index (χ2n) is 3.77. The van der Waals surface area contributed by atoms with Gasteiger partial charge in [-0.05, 0) is 25.1 Å². The summed E-state index contributed by atoms with van der Waals surface area (Å²) < 4.78 is 13.2. The molecule has 1 heterocycles. The minimum Gasteiger partial charge on any atom is -0.477 e. The van der Waals surface area contributed by atoms with Crippen LogP contribution in [-0.4, -0.2) is 21.0 Å². The first-order chi connectivity index (χ1) is 8.95. The topological polar surface area (TPSA) is 75.1 Å². The normalized spacial score (nSPS) is 10.3. The van der Waals surface area contributed by atoms with E-state index in [4.69, 9.17) is 16.7 Å². The van der Waals surface area contributed by atoms with Gasteiger partial charge in [0.05, 0.1) is 0 Å². The van der Waals surface area contributed by atoms with Crippen LogP contribution >= 0.6 is 11.6 Å². The van der Waals surface area contributed by atoms with Crippen LogP contribution in [0.15, 0.2) is 24.4 Å². The van der Waals surface area contributed by atoms with E-state index in [1.54, 1.807) is 6.92 Å². The lowest BCUT2D eigenvalue weighted by atomic mass is 10.2. The summed E-state index contributed by atoms with van der Waals surface area (Å²) in [5.41, 5.74) is 0.205. The van der Waals surface area contributed by atoms with E-state index in [0.29, 0.717) is 11.5 Å². The van der Waals surface area contributed by atoms with Gasteiger partial charge in [0.15, 0.2) is 0 Å². The molecular weight excluding hydrogens is 273 g/mol. The van der Waals surface area contributed by atoms with E-state index in [0.717, 1.165) is 6.07 Å². The Morgan fingerprint density at radius 3 is 2.79 bits per heavy atom. The number of carboxylic acid groups (broad SMARTS) is 1. The maximum Gasteiger partial charge on any atom is 0.341 e. The summed E-state index contributed by atoms with van der Waals surface area (Å²) >= 11 is 5.72. The fourth-order valence-electron chi connectivity index (χ4n) is 1.48. The molecule has 0 bridgehead atoms. The van der Waals surface area contributed by atoms with Crippen LogP contribution in [0.1, 0.15) is 16.2 Å². The number of anilines is 2. The molecule has 5 nitrogen and oxygen atoms in total. The quantitative estimate of drug-likeness (QED) is 0.904. The molecule has 2 aromatic rings. The molecule has 1 aromatic carbocycles. The van der Waals surface area contributed by atoms with Crippen LogP contribution in [0.2, 0.25) is 5.02 Å².